The molecule has 0 saturated heterocycles. The number of aryl methyl sites for hydroxylation is 2. The van der Waals surface area contributed by atoms with Crippen molar-refractivity contribution >= 4 is 5.91 Å². The van der Waals surface area contributed by atoms with Crippen LogP contribution in [-0.4, -0.2) is 27.3 Å². The lowest BCUT2D eigenvalue weighted by molar-refractivity contribution is -0.123. The number of amides is 1. The number of hydrogen-bond donors (Lipinski definition) is 2. The van der Waals surface area contributed by atoms with E-state index in [2.05, 4.69) is 10.4 Å². The Labute approximate surface area is 140 Å². The molecule has 1 amide bonds. The van der Waals surface area contributed by atoms with E-state index in [0.717, 1.165) is 28.7 Å². The van der Waals surface area contributed by atoms with Crippen LogP contribution in [0.25, 0.3) is 0 Å². The molecule has 2 N–H and O–H groups in total. The van der Waals surface area contributed by atoms with Gasteiger partial charge >= 0.3 is 0 Å². The second-order valence-electron chi connectivity index (χ2n) is 6.29. The number of nitrogens with one attached hydrogen (secondary N) is 1. The molecule has 1 heterocycles. The molecule has 126 valence electrons. The lowest BCUT2D eigenvalue weighted by Crippen LogP contribution is -2.44. The van der Waals surface area contributed by atoms with Crippen LogP contribution in [0.5, 0.6) is 0 Å². The van der Waals surface area contributed by atoms with Gasteiger partial charge in [0.25, 0.3) is 5.56 Å². The van der Waals surface area contributed by atoms with Crippen molar-refractivity contribution < 1.29 is 9.90 Å². The number of hydrogen-bond acceptors (Lipinski definition) is 4. The molecule has 0 saturated carbocycles. The van der Waals surface area contributed by atoms with Gasteiger partial charge in [-0.05, 0) is 43.4 Å². The van der Waals surface area contributed by atoms with Gasteiger partial charge in [-0.2, -0.15) is 5.10 Å². The lowest BCUT2D eigenvalue weighted by atomic mass is 9.79. The zero-order valence-corrected chi connectivity index (χ0v) is 13.7. The summed E-state index contributed by atoms with van der Waals surface area (Å²) >= 11 is 0. The van der Waals surface area contributed by atoms with Crippen LogP contribution < -0.4 is 10.9 Å². The predicted molar refractivity (Wildman–Crippen MR) is 89.5 cm³/mol. The summed E-state index contributed by atoms with van der Waals surface area (Å²) in [6, 6.07) is 10.8. The van der Waals surface area contributed by atoms with Gasteiger partial charge < -0.3 is 10.4 Å². The number of benzene rings is 1. The highest BCUT2D eigenvalue weighted by Crippen LogP contribution is 2.34. The molecule has 0 aliphatic heterocycles. The minimum absolute atomic E-state index is 0.128. The number of carbonyl (C=O) groups excluding carboxylic acids is 1. The molecule has 1 aliphatic carbocycles. The molecular weight excluding hydrogens is 306 g/mol. The van der Waals surface area contributed by atoms with Crippen LogP contribution in [0.1, 0.15) is 29.7 Å². The minimum atomic E-state index is -1.06. The van der Waals surface area contributed by atoms with E-state index in [9.17, 15) is 14.7 Å². The number of aromatic nitrogens is 2. The van der Waals surface area contributed by atoms with Gasteiger partial charge in [-0.15, -0.1) is 0 Å². The molecule has 1 aromatic heterocycles. The fourth-order valence-corrected chi connectivity index (χ4v) is 3.18. The quantitative estimate of drug-likeness (QED) is 0.873. The molecule has 24 heavy (non-hydrogen) atoms. The van der Waals surface area contributed by atoms with E-state index in [0.29, 0.717) is 12.1 Å². The van der Waals surface area contributed by atoms with E-state index in [1.807, 2.05) is 24.3 Å². The first-order valence-electron chi connectivity index (χ1n) is 8.10. The largest absolute Gasteiger partial charge is 0.383 e. The second-order valence-corrected chi connectivity index (χ2v) is 6.29. The molecule has 6 nitrogen and oxygen atoms in total. The van der Waals surface area contributed by atoms with Gasteiger partial charge in [-0.1, -0.05) is 24.3 Å². The monoisotopic (exact) mass is 327 g/mol. The van der Waals surface area contributed by atoms with Crippen molar-refractivity contribution in [1.82, 2.24) is 15.1 Å². The first-order chi connectivity index (χ1) is 11.5. The van der Waals surface area contributed by atoms with Crippen LogP contribution in [0.2, 0.25) is 0 Å². The molecule has 6 heteroatoms. The molecule has 0 fully saturated rings. The third-order valence-electron chi connectivity index (χ3n) is 4.43. The molecule has 0 spiro atoms. The Bertz CT molecular complexity index is 815. The van der Waals surface area contributed by atoms with Gasteiger partial charge in [0.2, 0.25) is 5.91 Å². The standard InChI is InChI=1S/C18H21N3O3/c1-13-8-9-17(23)21(20-13)11-16(22)19-12-18(24)10-4-6-14-5-2-3-7-15(14)18/h2-3,5,7-9,24H,4,6,10-12H2,1H3,(H,19,22). The van der Waals surface area contributed by atoms with E-state index < -0.39 is 5.60 Å². The highest BCUT2D eigenvalue weighted by atomic mass is 16.3. The van der Waals surface area contributed by atoms with Crippen LogP contribution in [-0.2, 0) is 23.4 Å². The molecule has 2 aromatic rings. The zero-order chi connectivity index (χ0) is 17.2. The van der Waals surface area contributed by atoms with E-state index in [1.54, 1.807) is 13.0 Å². The number of rotatable bonds is 4. The van der Waals surface area contributed by atoms with Crippen LogP contribution in [0, 0.1) is 6.92 Å². The van der Waals surface area contributed by atoms with Crippen molar-refractivity contribution in [1.29, 1.82) is 0 Å². The van der Waals surface area contributed by atoms with Crippen LogP contribution >= 0.6 is 0 Å². The Balaban J connectivity index is 1.68. The molecule has 1 atom stereocenters. The Morgan fingerprint density at radius 1 is 1.33 bits per heavy atom. The highest BCUT2D eigenvalue weighted by molar-refractivity contribution is 5.75. The molecule has 1 aromatic carbocycles. The molecule has 0 radical (unpaired) electrons. The summed E-state index contributed by atoms with van der Waals surface area (Å²) in [5.74, 6) is -0.341. The summed E-state index contributed by atoms with van der Waals surface area (Å²) < 4.78 is 1.13. The fraction of sp³-hybridized carbons (Fsp3) is 0.389. The number of carbonyl (C=O) groups is 1. The molecule has 0 bridgehead atoms. The summed E-state index contributed by atoms with van der Waals surface area (Å²) in [6.07, 6.45) is 2.42. The summed E-state index contributed by atoms with van der Waals surface area (Å²) in [5.41, 5.74) is 1.29. The normalized spacial score (nSPS) is 19.6. The summed E-state index contributed by atoms with van der Waals surface area (Å²) in [6.45, 7) is 1.73. The average molecular weight is 327 g/mol. The van der Waals surface area contributed by atoms with Crippen LogP contribution in [0.15, 0.2) is 41.2 Å². The van der Waals surface area contributed by atoms with Gasteiger partial charge in [0, 0.05) is 6.07 Å². The topological polar surface area (TPSA) is 84.2 Å². The minimum Gasteiger partial charge on any atom is -0.383 e. The van der Waals surface area contributed by atoms with Gasteiger partial charge in [0.1, 0.15) is 12.1 Å². The smallest absolute Gasteiger partial charge is 0.267 e. The van der Waals surface area contributed by atoms with Crippen molar-refractivity contribution in [2.75, 3.05) is 6.54 Å². The number of aliphatic hydroxyl groups is 1. The third kappa shape index (κ3) is 3.38. The Kier molecular flexibility index (Phi) is 4.49. The Morgan fingerprint density at radius 3 is 2.96 bits per heavy atom. The van der Waals surface area contributed by atoms with Gasteiger partial charge in [0.05, 0.1) is 12.2 Å². The Morgan fingerprint density at radius 2 is 2.12 bits per heavy atom. The second kappa shape index (κ2) is 6.57. The summed E-state index contributed by atoms with van der Waals surface area (Å²) in [7, 11) is 0. The molecular formula is C18H21N3O3. The van der Waals surface area contributed by atoms with Gasteiger partial charge in [-0.3, -0.25) is 9.59 Å². The number of fused-ring (bicyclic) bond motifs is 1. The first-order valence-corrected chi connectivity index (χ1v) is 8.10. The maximum absolute atomic E-state index is 12.2. The third-order valence-corrected chi connectivity index (χ3v) is 4.43. The lowest BCUT2D eigenvalue weighted by Gasteiger charge is -2.34. The van der Waals surface area contributed by atoms with Crippen LogP contribution in [0.4, 0.5) is 0 Å². The van der Waals surface area contributed by atoms with E-state index >= 15 is 0 Å². The maximum Gasteiger partial charge on any atom is 0.267 e. The average Bonchev–Trinajstić information content (AvgIpc) is 2.57. The van der Waals surface area contributed by atoms with Crippen molar-refractivity contribution in [3.63, 3.8) is 0 Å². The Hall–Kier alpha value is -2.47. The molecule has 3 rings (SSSR count). The fourth-order valence-electron chi connectivity index (χ4n) is 3.18. The van der Waals surface area contributed by atoms with Crippen molar-refractivity contribution in [3.05, 3.63) is 63.6 Å². The van der Waals surface area contributed by atoms with Crippen molar-refractivity contribution in [2.24, 2.45) is 0 Å². The van der Waals surface area contributed by atoms with Crippen LogP contribution in [0.3, 0.4) is 0 Å². The van der Waals surface area contributed by atoms with Gasteiger partial charge in [0.15, 0.2) is 0 Å². The first kappa shape index (κ1) is 16.4. The van der Waals surface area contributed by atoms with Gasteiger partial charge in [-0.25, -0.2) is 4.68 Å². The zero-order valence-electron chi connectivity index (χ0n) is 13.7. The SMILES string of the molecule is Cc1ccc(=O)n(CC(=O)NCC2(O)CCCc3ccccc32)n1. The maximum atomic E-state index is 12.2. The van der Waals surface area contributed by atoms with Crippen molar-refractivity contribution in [3.8, 4) is 0 Å². The molecule has 1 aliphatic rings. The van der Waals surface area contributed by atoms with E-state index in [4.69, 9.17) is 0 Å². The van der Waals surface area contributed by atoms with E-state index in [1.165, 1.54) is 6.07 Å². The van der Waals surface area contributed by atoms with E-state index in [-0.39, 0.29) is 24.6 Å². The molecule has 1 unspecified atom stereocenters. The number of nitrogens with zero attached hydrogens (tertiary/aromatic N) is 2. The van der Waals surface area contributed by atoms with Crippen molar-refractivity contribution in [2.45, 2.75) is 38.3 Å². The summed E-state index contributed by atoms with van der Waals surface area (Å²) in [5, 5.41) is 17.7. The summed E-state index contributed by atoms with van der Waals surface area (Å²) in [4.78, 5) is 23.9. The highest BCUT2D eigenvalue weighted by Gasteiger charge is 2.34. The predicted octanol–water partition coefficient (Wildman–Crippen LogP) is 0.892.